The molecule has 0 spiro atoms. The molecule has 0 saturated carbocycles. The summed E-state index contributed by atoms with van der Waals surface area (Å²) in [5.74, 6) is -0.549. The number of esters is 1. The van der Waals surface area contributed by atoms with Crippen molar-refractivity contribution < 1.29 is 9.53 Å². The van der Waals surface area contributed by atoms with Gasteiger partial charge in [0.25, 0.3) is 0 Å². The Morgan fingerprint density at radius 1 is 1.47 bits per heavy atom. The Labute approximate surface area is 110 Å². The zero-order valence-corrected chi connectivity index (χ0v) is 10.3. The maximum absolute atomic E-state index is 11.6. The first-order valence-electron chi connectivity index (χ1n) is 5.68. The summed E-state index contributed by atoms with van der Waals surface area (Å²) in [6.45, 7) is 1.98. The van der Waals surface area contributed by atoms with Gasteiger partial charge < -0.3 is 10.5 Å². The molecule has 2 rings (SSSR count). The lowest BCUT2D eigenvalue weighted by Crippen LogP contribution is -2.08. The van der Waals surface area contributed by atoms with Gasteiger partial charge in [0.1, 0.15) is 0 Å². The Morgan fingerprint density at radius 3 is 2.74 bits per heavy atom. The van der Waals surface area contributed by atoms with Crippen molar-refractivity contribution in [2.75, 3.05) is 12.3 Å². The number of nitrogen functional groups attached to an aromatic ring is 1. The summed E-state index contributed by atoms with van der Waals surface area (Å²) in [4.78, 5) is 11.6. The van der Waals surface area contributed by atoms with Crippen molar-refractivity contribution in [2.24, 2.45) is 0 Å². The van der Waals surface area contributed by atoms with E-state index in [4.69, 9.17) is 15.7 Å². The van der Waals surface area contributed by atoms with Crippen molar-refractivity contribution in [1.82, 2.24) is 9.78 Å². The van der Waals surface area contributed by atoms with Crippen LogP contribution in [0.15, 0.2) is 30.5 Å². The van der Waals surface area contributed by atoms with Crippen LogP contribution < -0.4 is 5.73 Å². The number of benzene rings is 1. The van der Waals surface area contributed by atoms with Gasteiger partial charge in [-0.25, -0.2) is 9.48 Å². The van der Waals surface area contributed by atoms with Crippen LogP contribution in [0.1, 0.15) is 23.0 Å². The van der Waals surface area contributed by atoms with E-state index in [0.717, 1.165) is 0 Å². The highest BCUT2D eigenvalue weighted by Crippen LogP contribution is 2.15. The van der Waals surface area contributed by atoms with Crippen molar-refractivity contribution in [3.05, 3.63) is 41.7 Å². The first-order valence-corrected chi connectivity index (χ1v) is 5.68. The number of anilines is 1. The van der Waals surface area contributed by atoms with Crippen molar-refractivity contribution in [3.8, 4) is 11.8 Å². The summed E-state index contributed by atoms with van der Waals surface area (Å²) in [5, 5.41) is 12.8. The molecule has 6 heteroatoms. The molecule has 0 amide bonds. The number of carbonyl (C=O) groups excluding carboxylic acids is 1. The summed E-state index contributed by atoms with van der Waals surface area (Å²) in [6, 6.07) is 8.80. The van der Waals surface area contributed by atoms with Gasteiger partial charge in [0.05, 0.1) is 35.8 Å². The average Bonchev–Trinajstić information content (AvgIpc) is 2.81. The number of aromatic nitrogens is 2. The van der Waals surface area contributed by atoms with E-state index in [1.165, 1.54) is 10.9 Å². The van der Waals surface area contributed by atoms with E-state index in [1.54, 1.807) is 31.2 Å². The number of rotatable bonds is 3. The van der Waals surface area contributed by atoms with Crippen LogP contribution in [0.5, 0.6) is 0 Å². The standard InChI is InChI=1S/C13H12N4O2/c1-2-19-13(18)12-11(15)8-17(16-12)10-5-3-9(7-14)4-6-10/h3-6,8H,2,15H2,1H3. The predicted molar refractivity (Wildman–Crippen MR) is 68.6 cm³/mol. The van der Waals surface area contributed by atoms with Gasteiger partial charge in [-0.15, -0.1) is 0 Å². The average molecular weight is 256 g/mol. The maximum atomic E-state index is 11.6. The normalized spacial score (nSPS) is 9.89. The van der Waals surface area contributed by atoms with Crippen LogP contribution in [0.3, 0.4) is 0 Å². The molecular formula is C13H12N4O2. The van der Waals surface area contributed by atoms with Crippen LogP contribution in [0.2, 0.25) is 0 Å². The molecule has 1 aromatic heterocycles. The molecule has 0 aliphatic carbocycles. The van der Waals surface area contributed by atoms with E-state index in [1.807, 2.05) is 6.07 Å². The Balaban J connectivity index is 2.33. The minimum Gasteiger partial charge on any atom is -0.461 e. The molecule has 0 aliphatic rings. The molecule has 1 heterocycles. The van der Waals surface area contributed by atoms with Crippen molar-refractivity contribution in [1.29, 1.82) is 5.26 Å². The summed E-state index contributed by atoms with van der Waals surface area (Å²) in [7, 11) is 0. The molecule has 0 fully saturated rings. The Hall–Kier alpha value is -2.81. The van der Waals surface area contributed by atoms with Gasteiger partial charge in [0, 0.05) is 0 Å². The second-order valence-electron chi connectivity index (χ2n) is 3.76. The van der Waals surface area contributed by atoms with Gasteiger partial charge in [0.15, 0.2) is 5.69 Å². The number of nitrogens with two attached hydrogens (primary N) is 1. The molecular weight excluding hydrogens is 244 g/mol. The molecule has 0 bridgehead atoms. The quantitative estimate of drug-likeness (QED) is 0.840. The first kappa shape index (κ1) is 12.6. The van der Waals surface area contributed by atoms with Gasteiger partial charge in [0.2, 0.25) is 0 Å². The second-order valence-corrected chi connectivity index (χ2v) is 3.76. The summed E-state index contributed by atoms with van der Waals surface area (Å²) in [5.41, 5.74) is 7.33. The number of carbonyl (C=O) groups is 1. The molecule has 0 saturated heterocycles. The molecule has 0 atom stereocenters. The number of nitrogens with zero attached hydrogens (tertiary/aromatic N) is 3. The molecule has 6 nitrogen and oxygen atoms in total. The van der Waals surface area contributed by atoms with Gasteiger partial charge in [-0.3, -0.25) is 0 Å². The highest BCUT2D eigenvalue weighted by Gasteiger charge is 2.16. The van der Waals surface area contributed by atoms with Gasteiger partial charge in [-0.2, -0.15) is 10.4 Å². The van der Waals surface area contributed by atoms with E-state index in [0.29, 0.717) is 11.3 Å². The van der Waals surface area contributed by atoms with E-state index < -0.39 is 5.97 Å². The van der Waals surface area contributed by atoms with Crippen molar-refractivity contribution >= 4 is 11.7 Å². The Kier molecular flexibility index (Phi) is 3.48. The zero-order chi connectivity index (χ0) is 13.8. The SMILES string of the molecule is CCOC(=O)c1nn(-c2ccc(C#N)cc2)cc1N. The fourth-order valence-electron chi connectivity index (χ4n) is 1.57. The smallest absolute Gasteiger partial charge is 0.361 e. The van der Waals surface area contributed by atoms with Crippen molar-refractivity contribution in [2.45, 2.75) is 6.92 Å². The number of hydrogen-bond acceptors (Lipinski definition) is 5. The maximum Gasteiger partial charge on any atom is 0.361 e. The van der Waals surface area contributed by atoms with Gasteiger partial charge in [-0.05, 0) is 31.2 Å². The fraction of sp³-hybridized carbons (Fsp3) is 0.154. The Morgan fingerprint density at radius 2 is 2.16 bits per heavy atom. The largest absolute Gasteiger partial charge is 0.461 e. The van der Waals surface area contributed by atoms with Crippen LogP contribution in [0, 0.1) is 11.3 Å². The van der Waals surface area contributed by atoms with E-state index in [-0.39, 0.29) is 18.0 Å². The van der Waals surface area contributed by atoms with Gasteiger partial charge >= 0.3 is 5.97 Å². The van der Waals surface area contributed by atoms with Crippen LogP contribution in [-0.4, -0.2) is 22.4 Å². The lowest BCUT2D eigenvalue weighted by molar-refractivity contribution is 0.0520. The third kappa shape index (κ3) is 2.55. The molecule has 2 aromatic rings. The number of ether oxygens (including phenoxy) is 1. The topological polar surface area (TPSA) is 93.9 Å². The fourth-order valence-corrected chi connectivity index (χ4v) is 1.57. The highest BCUT2D eigenvalue weighted by atomic mass is 16.5. The van der Waals surface area contributed by atoms with E-state index in [2.05, 4.69) is 5.10 Å². The molecule has 0 unspecified atom stereocenters. The second kappa shape index (κ2) is 5.23. The third-order valence-electron chi connectivity index (χ3n) is 2.47. The van der Waals surface area contributed by atoms with Crippen LogP contribution in [0.25, 0.3) is 5.69 Å². The number of nitriles is 1. The minimum atomic E-state index is -0.549. The molecule has 0 radical (unpaired) electrons. The lowest BCUT2D eigenvalue weighted by Gasteiger charge is -2.00. The number of hydrogen-bond donors (Lipinski definition) is 1. The van der Waals surface area contributed by atoms with E-state index in [9.17, 15) is 4.79 Å². The third-order valence-corrected chi connectivity index (χ3v) is 2.47. The predicted octanol–water partition coefficient (Wildman–Crippen LogP) is 1.50. The lowest BCUT2D eigenvalue weighted by atomic mass is 10.2. The Bertz CT molecular complexity index is 638. The van der Waals surface area contributed by atoms with Crippen LogP contribution in [-0.2, 0) is 4.74 Å². The summed E-state index contributed by atoms with van der Waals surface area (Å²) < 4.78 is 6.33. The van der Waals surface area contributed by atoms with Crippen molar-refractivity contribution in [3.63, 3.8) is 0 Å². The molecule has 1 aromatic carbocycles. The van der Waals surface area contributed by atoms with Gasteiger partial charge in [-0.1, -0.05) is 0 Å². The summed E-state index contributed by atoms with van der Waals surface area (Å²) in [6.07, 6.45) is 1.54. The molecule has 2 N–H and O–H groups in total. The highest BCUT2D eigenvalue weighted by molar-refractivity contribution is 5.92. The molecule has 19 heavy (non-hydrogen) atoms. The van der Waals surface area contributed by atoms with Crippen LogP contribution in [0.4, 0.5) is 5.69 Å². The molecule has 0 aliphatic heterocycles. The monoisotopic (exact) mass is 256 g/mol. The molecule has 96 valence electrons. The zero-order valence-electron chi connectivity index (χ0n) is 10.3. The summed E-state index contributed by atoms with van der Waals surface area (Å²) >= 11 is 0. The van der Waals surface area contributed by atoms with E-state index >= 15 is 0 Å². The minimum absolute atomic E-state index is 0.0891. The first-order chi connectivity index (χ1) is 9.15. The van der Waals surface area contributed by atoms with Crippen LogP contribution >= 0.6 is 0 Å².